The summed E-state index contributed by atoms with van der Waals surface area (Å²) < 4.78 is 43.1. The molecule has 33 heavy (non-hydrogen) atoms. The van der Waals surface area contributed by atoms with Crippen molar-refractivity contribution >= 4 is 22.1 Å². The van der Waals surface area contributed by atoms with Gasteiger partial charge >= 0.3 is 0 Å². The van der Waals surface area contributed by atoms with Crippen LogP contribution in [0.15, 0.2) is 46.4 Å². The third kappa shape index (κ3) is 5.63. The Kier molecular flexibility index (Phi) is 7.93. The van der Waals surface area contributed by atoms with Crippen LogP contribution < -0.4 is 19.6 Å². The van der Waals surface area contributed by atoms with Gasteiger partial charge in [0.25, 0.3) is 0 Å². The van der Waals surface area contributed by atoms with Gasteiger partial charge < -0.3 is 14.2 Å². The van der Waals surface area contributed by atoms with Gasteiger partial charge in [0.15, 0.2) is 0 Å². The van der Waals surface area contributed by atoms with Gasteiger partial charge in [-0.3, -0.25) is 4.79 Å². The second kappa shape index (κ2) is 10.7. The van der Waals surface area contributed by atoms with Crippen molar-refractivity contribution in [3.8, 4) is 17.2 Å². The molecule has 0 saturated carbocycles. The number of ether oxygens (including phenoxy) is 3. The zero-order chi connectivity index (χ0) is 24.0. The number of sulfonamides is 1. The largest absolute Gasteiger partial charge is 0.496 e. The third-order valence-corrected chi connectivity index (χ3v) is 7.52. The molecule has 2 aromatic carbocycles. The van der Waals surface area contributed by atoms with Gasteiger partial charge in [-0.1, -0.05) is 17.7 Å². The number of piperidine rings is 1. The van der Waals surface area contributed by atoms with E-state index in [1.165, 1.54) is 24.7 Å². The number of hydrazone groups is 1. The number of carbonyl (C=O) groups excluding carboxylic acids is 1. The molecule has 0 aliphatic carbocycles. The van der Waals surface area contributed by atoms with Crippen LogP contribution in [-0.4, -0.2) is 59.3 Å². The predicted molar refractivity (Wildman–Crippen MR) is 124 cm³/mol. The summed E-state index contributed by atoms with van der Waals surface area (Å²) in [4.78, 5) is 12.9. The van der Waals surface area contributed by atoms with E-state index in [1.54, 1.807) is 43.5 Å². The summed E-state index contributed by atoms with van der Waals surface area (Å²) in [6, 6.07) is 10.2. The zero-order valence-corrected chi connectivity index (χ0v) is 20.0. The summed E-state index contributed by atoms with van der Waals surface area (Å²) >= 11 is 0. The van der Waals surface area contributed by atoms with E-state index >= 15 is 0 Å². The first-order valence-electron chi connectivity index (χ1n) is 10.5. The molecule has 1 aliphatic rings. The van der Waals surface area contributed by atoms with Crippen molar-refractivity contribution in [2.45, 2.75) is 24.7 Å². The number of nitrogens with one attached hydrogen (secondary N) is 1. The van der Waals surface area contributed by atoms with E-state index in [1.807, 2.05) is 6.92 Å². The Hall–Kier alpha value is -3.11. The molecule has 1 amide bonds. The van der Waals surface area contributed by atoms with Crippen molar-refractivity contribution in [3.05, 3.63) is 47.5 Å². The standard InChI is InChI=1S/C23H29N3O6S/c1-16-5-7-19(8-6-16)33(28,29)26-11-9-17(10-12-26)23(27)25-24-15-20-21(31-3)13-18(30-2)14-22(20)32-4/h5-8,13-15,17H,9-12H2,1-4H3,(H,25,27). The lowest BCUT2D eigenvalue weighted by Gasteiger charge is -2.30. The van der Waals surface area contributed by atoms with E-state index in [0.29, 0.717) is 35.7 Å². The van der Waals surface area contributed by atoms with Crippen LogP contribution in [0.2, 0.25) is 0 Å². The summed E-state index contributed by atoms with van der Waals surface area (Å²) in [7, 11) is 1.01. The van der Waals surface area contributed by atoms with Crippen LogP contribution in [-0.2, 0) is 14.8 Å². The van der Waals surface area contributed by atoms with Gasteiger partial charge in [-0.25, -0.2) is 13.8 Å². The Labute approximate surface area is 194 Å². The summed E-state index contributed by atoms with van der Waals surface area (Å²) in [5.74, 6) is 0.950. The molecule has 1 saturated heterocycles. The van der Waals surface area contributed by atoms with Crippen LogP contribution in [0.5, 0.6) is 17.2 Å². The van der Waals surface area contributed by atoms with E-state index in [0.717, 1.165) is 5.56 Å². The maximum absolute atomic E-state index is 12.8. The van der Waals surface area contributed by atoms with Gasteiger partial charge in [-0.2, -0.15) is 9.41 Å². The number of rotatable bonds is 8. The Morgan fingerprint density at radius 1 is 1.03 bits per heavy atom. The highest BCUT2D eigenvalue weighted by Gasteiger charge is 2.32. The number of nitrogens with zero attached hydrogens (tertiary/aromatic N) is 2. The van der Waals surface area contributed by atoms with Gasteiger partial charge in [0.2, 0.25) is 15.9 Å². The average Bonchev–Trinajstić information content (AvgIpc) is 2.84. The molecule has 0 spiro atoms. The first-order chi connectivity index (χ1) is 15.8. The Bertz CT molecular complexity index is 1080. The minimum atomic E-state index is -3.57. The quantitative estimate of drug-likeness (QED) is 0.465. The lowest BCUT2D eigenvalue weighted by molar-refractivity contribution is -0.126. The normalized spacial score (nSPS) is 15.4. The highest BCUT2D eigenvalue weighted by molar-refractivity contribution is 7.89. The number of hydrogen-bond donors (Lipinski definition) is 1. The summed E-state index contributed by atoms with van der Waals surface area (Å²) in [5.41, 5.74) is 4.09. The Morgan fingerprint density at radius 2 is 1.61 bits per heavy atom. The highest BCUT2D eigenvalue weighted by atomic mass is 32.2. The fraction of sp³-hybridized carbons (Fsp3) is 0.391. The molecule has 1 heterocycles. The number of methoxy groups -OCH3 is 3. The second-order valence-electron chi connectivity index (χ2n) is 7.67. The van der Waals surface area contributed by atoms with Gasteiger partial charge in [0, 0.05) is 31.1 Å². The van der Waals surface area contributed by atoms with E-state index in [2.05, 4.69) is 10.5 Å². The molecule has 3 rings (SSSR count). The number of hydrogen-bond acceptors (Lipinski definition) is 7. The molecule has 1 N–H and O–H groups in total. The maximum atomic E-state index is 12.8. The lowest BCUT2D eigenvalue weighted by atomic mass is 9.98. The fourth-order valence-corrected chi connectivity index (χ4v) is 5.10. The molecular weight excluding hydrogens is 446 g/mol. The van der Waals surface area contributed by atoms with Gasteiger partial charge in [-0.15, -0.1) is 0 Å². The molecule has 0 atom stereocenters. The first-order valence-corrected chi connectivity index (χ1v) is 11.9. The molecule has 1 aliphatic heterocycles. The first kappa shape index (κ1) is 24.5. The van der Waals surface area contributed by atoms with E-state index in [-0.39, 0.29) is 29.8 Å². The molecule has 0 aromatic heterocycles. The van der Waals surface area contributed by atoms with Crippen LogP contribution in [0.3, 0.4) is 0 Å². The number of amides is 1. The smallest absolute Gasteiger partial charge is 0.243 e. The molecule has 0 radical (unpaired) electrons. The molecule has 9 nitrogen and oxygen atoms in total. The van der Waals surface area contributed by atoms with Gasteiger partial charge in [0.1, 0.15) is 17.2 Å². The monoisotopic (exact) mass is 475 g/mol. The second-order valence-corrected chi connectivity index (χ2v) is 9.61. The molecule has 2 aromatic rings. The minimum Gasteiger partial charge on any atom is -0.496 e. The molecule has 10 heteroatoms. The van der Waals surface area contributed by atoms with Crippen LogP contribution >= 0.6 is 0 Å². The minimum absolute atomic E-state index is 0.259. The zero-order valence-electron chi connectivity index (χ0n) is 19.2. The van der Waals surface area contributed by atoms with Gasteiger partial charge in [0.05, 0.1) is 38.0 Å². The molecular formula is C23H29N3O6S. The van der Waals surface area contributed by atoms with Crippen molar-refractivity contribution in [1.29, 1.82) is 0 Å². The molecule has 1 fully saturated rings. The molecule has 0 unspecified atom stereocenters. The summed E-state index contributed by atoms with van der Waals surface area (Å²) in [6.45, 7) is 2.46. The topological polar surface area (TPSA) is 107 Å². The number of carbonyl (C=O) groups is 1. The lowest BCUT2D eigenvalue weighted by Crippen LogP contribution is -2.42. The summed E-state index contributed by atoms with van der Waals surface area (Å²) in [5, 5.41) is 4.06. The molecule has 0 bridgehead atoms. The van der Waals surface area contributed by atoms with E-state index < -0.39 is 10.0 Å². The van der Waals surface area contributed by atoms with Crippen LogP contribution in [0, 0.1) is 12.8 Å². The summed E-state index contributed by atoms with van der Waals surface area (Å²) in [6.07, 6.45) is 2.29. The average molecular weight is 476 g/mol. The van der Waals surface area contributed by atoms with E-state index in [4.69, 9.17) is 14.2 Å². The highest BCUT2D eigenvalue weighted by Crippen LogP contribution is 2.32. The van der Waals surface area contributed by atoms with Crippen LogP contribution in [0.4, 0.5) is 0 Å². The maximum Gasteiger partial charge on any atom is 0.243 e. The van der Waals surface area contributed by atoms with Crippen molar-refractivity contribution in [3.63, 3.8) is 0 Å². The fourth-order valence-electron chi connectivity index (χ4n) is 3.63. The number of benzene rings is 2. The van der Waals surface area contributed by atoms with Gasteiger partial charge in [-0.05, 0) is 31.9 Å². The number of aryl methyl sites for hydroxylation is 1. The predicted octanol–water partition coefficient (Wildman–Crippen LogP) is 2.57. The SMILES string of the molecule is COc1cc(OC)c(C=NNC(=O)C2CCN(S(=O)(=O)c3ccc(C)cc3)CC2)c(OC)c1. The van der Waals surface area contributed by atoms with Crippen LogP contribution in [0.1, 0.15) is 24.0 Å². The van der Waals surface area contributed by atoms with Crippen molar-refractivity contribution in [1.82, 2.24) is 9.73 Å². The molecule has 178 valence electrons. The van der Waals surface area contributed by atoms with E-state index in [9.17, 15) is 13.2 Å². The third-order valence-electron chi connectivity index (χ3n) is 5.61. The van der Waals surface area contributed by atoms with Crippen molar-refractivity contribution in [2.24, 2.45) is 11.0 Å². The van der Waals surface area contributed by atoms with Crippen LogP contribution in [0.25, 0.3) is 0 Å². The van der Waals surface area contributed by atoms with Crippen molar-refractivity contribution < 1.29 is 27.4 Å². The Balaban J connectivity index is 1.61. The Morgan fingerprint density at radius 3 is 2.12 bits per heavy atom. The van der Waals surface area contributed by atoms with Crippen molar-refractivity contribution in [2.75, 3.05) is 34.4 Å².